The number of amides is 1. The van der Waals surface area contributed by atoms with Gasteiger partial charge in [-0.05, 0) is 37.5 Å². The van der Waals surface area contributed by atoms with Crippen LogP contribution in [0.25, 0.3) is 10.9 Å². The van der Waals surface area contributed by atoms with E-state index in [2.05, 4.69) is 4.98 Å². The molecule has 120 valence electrons. The molecule has 0 radical (unpaired) electrons. The molecule has 1 fully saturated rings. The van der Waals surface area contributed by atoms with Crippen LogP contribution in [0.2, 0.25) is 5.02 Å². The molecule has 1 aliphatic rings. The summed E-state index contributed by atoms with van der Waals surface area (Å²) in [4.78, 5) is 41.0. The number of carboxylic acids is 1. The molecule has 0 saturated carbocycles. The van der Waals surface area contributed by atoms with Gasteiger partial charge in [0.2, 0.25) is 5.43 Å². The highest BCUT2D eigenvalue weighted by Crippen LogP contribution is 2.19. The summed E-state index contributed by atoms with van der Waals surface area (Å²) in [6.07, 6.45) is 2.79. The van der Waals surface area contributed by atoms with Crippen molar-refractivity contribution in [3.63, 3.8) is 0 Å². The molecule has 1 amide bonds. The first-order chi connectivity index (χ1) is 11.0. The normalized spacial score (nSPS) is 14.9. The lowest BCUT2D eigenvalue weighted by molar-refractivity contribution is 0.0661. The number of aromatic amines is 1. The van der Waals surface area contributed by atoms with E-state index in [1.807, 2.05) is 0 Å². The Morgan fingerprint density at radius 2 is 1.87 bits per heavy atom. The number of carbonyl (C=O) groups is 2. The number of carboxylic acid groups (broad SMARTS) is 1. The summed E-state index contributed by atoms with van der Waals surface area (Å²) >= 11 is 5.92. The van der Waals surface area contributed by atoms with Crippen LogP contribution >= 0.6 is 11.6 Å². The average Bonchev–Trinajstić information content (AvgIpc) is 2.54. The first-order valence-electron chi connectivity index (χ1n) is 7.37. The maximum atomic E-state index is 12.7. The number of rotatable bonds is 2. The predicted molar refractivity (Wildman–Crippen MR) is 86.3 cm³/mol. The van der Waals surface area contributed by atoms with E-state index < -0.39 is 22.9 Å². The Hall–Kier alpha value is -2.34. The van der Waals surface area contributed by atoms with E-state index in [9.17, 15) is 19.5 Å². The van der Waals surface area contributed by atoms with Crippen molar-refractivity contribution in [2.45, 2.75) is 19.3 Å². The third-order valence-corrected chi connectivity index (χ3v) is 4.27. The number of nitrogens with zero attached hydrogens (tertiary/aromatic N) is 1. The van der Waals surface area contributed by atoms with Crippen LogP contribution in [0.4, 0.5) is 0 Å². The summed E-state index contributed by atoms with van der Waals surface area (Å²) in [6.45, 7) is 1.13. The van der Waals surface area contributed by atoms with Crippen LogP contribution in [0.15, 0.2) is 23.0 Å². The average molecular weight is 335 g/mol. The highest BCUT2D eigenvalue weighted by Gasteiger charge is 2.27. The summed E-state index contributed by atoms with van der Waals surface area (Å²) in [5.74, 6) is -1.87. The second-order valence-electron chi connectivity index (χ2n) is 5.55. The number of benzene rings is 1. The first-order valence-corrected chi connectivity index (χ1v) is 7.75. The third-order valence-electron chi connectivity index (χ3n) is 4.03. The number of H-pyrrole nitrogens is 1. The largest absolute Gasteiger partial charge is 0.477 e. The van der Waals surface area contributed by atoms with Crippen molar-refractivity contribution < 1.29 is 14.7 Å². The molecule has 0 atom stereocenters. The quantitative estimate of drug-likeness (QED) is 0.882. The topological polar surface area (TPSA) is 90.5 Å². The van der Waals surface area contributed by atoms with E-state index in [1.54, 1.807) is 4.90 Å². The van der Waals surface area contributed by atoms with Gasteiger partial charge in [0.15, 0.2) is 0 Å². The van der Waals surface area contributed by atoms with Crippen LogP contribution in [0, 0.1) is 0 Å². The molecule has 0 bridgehead atoms. The Morgan fingerprint density at radius 3 is 2.52 bits per heavy atom. The minimum atomic E-state index is -1.41. The van der Waals surface area contributed by atoms with Crippen molar-refractivity contribution in [2.24, 2.45) is 0 Å². The smallest absolute Gasteiger partial charge is 0.342 e. The molecular formula is C16H15ClN2O4. The lowest BCUT2D eigenvalue weighted by Gasteiger charge is -2.27. The molecule has 7 heteroatoms. The molecule has 0 spiro atoms. The van der Waals surface area contributed by atoms with E-state index in [-0.39, 0.29) is 11.1 Å². The fraction of sp³-hybridized carbons (Fsp3) is 0.312. The molecule has 1 aliphatic heterocycles. The summed E-state index contributed by atoms with van der Waals surface area (Å²) in [7, 11) is 0. The third kappa shape index (κ3) is 2.82. The summed E-state index contributed by atoms with van der Waals surface area (Å²) in [5.41, 5.74) is -1.02. The van der Waals surface area contributed by atoms with Crippen LogP contribution in [0.3, 0.4) is 0 Å². The molecular weight excluding hydrogens is 320 g/mol. The first kappa shape index (κ1) is 15.6. The number of piperidine rings is 1. The van der Waals surface area contributed by atoms with Crippen molar-refractivity contribution in [1.82, 2.24) is 9.88 Å². The van der Waals surface area contributed by atoms with Crippen molar-refractivity contribution in [1.29, 1.82) is 0 Å². The lowest BCUT2D eigenvalue weighted by Crippen LogP contribution is -2.38. The second kappa shape index (κ2) is 6.04. The molecule has 3 rings (SSSR count). The molecule has 23 heavy (non-hydrogen) atoms. The summed E-state index contributed by atoms with van der Waals surface area (Å²) < 4.78 is 0. The van der Waals surface area contributed by atoms with Crippen LogP contribution in [-0.2, 0) is 0 Å². The molecule has 1 aromatic carbocycles. The van der Waals surface area contributed by atoms with Gasteiger partial charge in [0.05, 0.1) is 5.52 Å². The van der Waals surface area contributed by atoms with Gasteiger partial charge in [-0.25, -0.2) is 4.79 Å². The fourth-order valence-electron chi connectivity index (χ4n) is 2.88. The zero-order valence-corrected chi connectivity index (χ0v) is 13.0. The standard InChI is InChI=1S/C16H15ClN2O4/c17-9-4-5-10-11(8-9)18-13(12(14(10)20)16(22)23)15(21)19-6-2-1-3-7-19/h4-5,8H,1-3,6-7H2,(H,18,20)(H,22,23). The number of carbonyl (C=O) groups excluding carboxylic acids is 1. The van der Waals surface area contributed by atoms with Gasteiger partial charge in [0.25, 0.3) is 5.91 Å². The molecule has 1 saturated heterocycles. The van der Waals surface area contributed by atoms with Crippen molar-refractivity contribution >= 4 is 34.4 Å². The van der Waals surface area contributed by atoms with Gasteiger partial charge in [0, 0.05) is 23.5 Å². The number of fused-ring (bicyclic) bond motifs is 1. The predicted octanol–water partition coefficient (Wildman–Crippen LogP) is 2.51. The highest BCUT2D eigenvalue weighted by molar-refractivity contribution is 6.31. The Morgan fingerprint density at radius 1 is 1.17 bits per heavy atom. The minimum absolute atomic E-state index is 0.181. The Labute approximate surface area is 136 Å². The van der Waals surface area contributed by atoms with Gasteiger partial charge in [-0.3, -0.25) is 9.59 Å². The highest BCUT2D eigenvalue weighted by atomic mass is 35.5. The number of pyridine rings is 1. The maximum absolute atomic E-state index is 12.7. The van der Waals surface area contributed by atoms with Crippen molar-refractivity contribution in [3.8, 4) is 0 Å². The van der Waals surface area contributed by atoms with Crippen molar-refractivity contribution in [2.75, 3.05) is 13.1 Å². The number of likely N-dealkylation sites (tertiary alicyclic amines) is 1. The van der Waals surface area contributed by atoms with Crippen LogP contribution in [0.1, 0.15) is 40.1 Å². The molecule has 0 aliphatic carbocycles. The van der Waals surface area contributed by atoms with E-state index in [1.165, 1.54) is 18.2 Å². The Kier molecular flexibility index (Phi) is 4.09. The number of nitrogens with one attached hydrogen (secondary N) is 1. The van der Waals surface area contributed by atoms with E-state index in [0.717, 1.165) is 19.3 Å². The monoisotopic (exact) mass is 334 g/mol. The Bertz CT molecular complexity index is 853. The number of aromatic carboxylic acids is 1. The fourth-order valence-corrected chi connectivity index (χ4v) is 3.05. The minimum Gasteiger partial charge on any atom is -0.477 e. The molecule has 2 aromatic rings. The van der Waals surface area contributed by atoms with Gasteiger partial charge < -0.3 is 15.0 Å². The van der Waals surface area contributed by atoms with Gasteiger partial charge in [-0.15, -0.1) is 0 Å². The van der Waals surface area contributed by atoms with E-state index in [0.29, 0.717) is 23.6 Å². The number of hydrogen-bond donors (Lipinski definition) is 2. The molecule has 6 nitrogen and oxygen atoms in total. The van der Waals surface area contributed by atoms with Crippen LogP contribution < -0.4 is 5.43 Å². The molecule has 0 unspecified atom stereocenters. The summed E-state index contributed by atoms with van der Waals surface area (Å²) in [6, 6.07) is 4.48. The molecule has 1 aromatic heterocycles. The van der Waals surface area contributed by atoms with Gasteiger partial charge in [-0.2, -0.15) is 0 Å². The van der Waals surface area contributed by atoms with Crippen LogP contribution in [-0.4, -0.2) is 40.0 Å². The van der Waals surface area contributed by atoms with Gasteiger partial charge in [0.1, 0.15) is 11.3 Å². The van der Waals surface area contributed by atoms with Crippen LogP contribution in [0.5, 0.6) is 0 Å². The zero-order chi connectivity index (χ0) is 16.6. The lowest BCUT2D eigenvalue weighted by atomic mass is 10.1. The second-order valence-corrected chi connectivity index (χ2v) is 5.99. The zero-order valence-electron chi connectivity index (χ0n) is 12.3. The van der Waals surface area contributed by atoms with Crippen molar-refractivity contribution in [3.05, 3.63) is 44.7 Å². The number of halogens is 1. The SMILES string of the molecule is O=C(O)c1c(C(=O)N2CCCCC2)[nH]c2cc(Cl)ccc2c1=O. The van der Waals surface area contributed by atoms with Gasteiger partial charge in [-0.1, -0.05) is 11.6 Å². The maximum Gasteiger partial charge on any atom is 0.342 e. The van der Waals surface area contributed by atoms with E-state index in [4.69, 9.17) is 11.6 Å². The summed E-state index contributed by atoms with van der Waals surface area (Å²) in [5, 5.41) is 9.98. The van der Waals surface area contributed by atoms with Gasteiger partial charge >= 0.3 is 5.97 Å². The molecule has 2 heterocycles. The Balaban J connectivity index is 2.21. The number of aromatic nitrogens is 1. The number of hydrogen-bond acceptors (Lipinski definition) is 3. The molecule has 2 N–H and O–H groups in total. The van der Waals surface area contributed by atoms with E-state index >= 15 is 0 Å².